The van der Waals surface area contributed by atoms with Crippen molar-refractivity contribution in [2.45, 2.75) is 38.7 Å². The Labute approximate surface area is 165 Å². The number of piperidine rings is 1. The van der Waals surface area contributed by atoms with Crippen LogP contribution in [-0.4, -0.2) is 35.0 Å². The Morgan fingerprint density at radius 3 is 2.54 bits per heavy atom. The van der Waals surface area contributed by atoms with Crippen LogP contribution in [0.5, 0.6) is 5.75 Å². The minimum Gasteiger partial charge on any atom is -0.486 e. The number of hydrogen-bond donors (Lipinski definition) is 1. The summed E-state index contributed by atoms with van der Waals surface area (Å²) in [7, 11) is 0. The van der Waals surface area contributed by atoms with Crippen molar-refractivity contribution in [2.75, 3.05) is 13.1 Å². The maximum atomic E-state index is 12.8. The summed E-state index contributed by atoms with van der Waals surface area (Å²) >= 11 is 0. The number of ether oxygens (including phenoxy) is 1. The van der Waals surface area contributed by atoms with Gasteiger partial charge in [-0.1, -0.05) is 30.3 Å². The van der Waals surface area contributed by atoms with Crippen molar-refractivity contribution in [1.29, 1.82) is 0 Å². The van der Waals surface area contributed by atoms with Crippen molar-refractivity contribution in [1.82, 2.24) is 4.90 Å². The molecule has 0 radical (unpaired) electrons. The molecule has 28 heavy (non-hydrogen) atoms. The van der Waals surface area contributed by atoms with Crippen LogP contribution in [0.25, 0.3) is 0 Å². The highest BCUT2D eigenvalue weighted by Crippen LogP contribution is 2.25. The fraction of sp³-hybridized carbons (Fsp3) is 0.391. The van der Waals surface area contributed by atoms with Crippen molar-refractivity contribution < 1.29 is 19.4 Å². The number of carboxylic acids is 1. The second kappa shape index (κ2) is 9.40. The van der Waals surface area contributed by atoms with E-state index in [1.54, 1.807) is 12.1 Å². The first-order valence-electron chi connectivity index (χ1n) is 9.85. The molecule has 2 unspecified atom stereocenters. The molecule has 2 atom stereocenters. The van der Waals surface area contributed by atoms with Crippen molar-refractivity contribution in [3.63, 3.8) is 0 Å². The minimum absolute atomic E-state index is 0.00248. The van der Waals surface area contributed by atoms with Crippen LogP contribution < -0.4 is 4.74 Å². The molecule has 3 rings (SSSR count). The van der Waals surface area contributed by atoms with Crippen LogP contribution >= 0.6 is 0 Å². The fourth-order valence-corrected chi connectivity index (χ4v) is 3.67. The first-order valence-corrected chi connectivity index (χ1v) is 9.85. The Morgan fingerprint density at radius 2 is 1.86 bits per heavy atom. The molecule has 2 aromatic carbocycles. The number of rotatable bonds is 7. The molecule has 1 saturated heterocycles. The largest absolute Gasteiger partial charge is 0.486 e. The van der Waals surface area contributed by atoms with Crippen molar-refractivity contribution in [2.24, 2.45) is 5.92 Å². The van der Waals surface area contributed by atoms with Crippen LogP contribution in [0.2, 0.25) is 0 Å². The zero-order chi connectivity index (χ0) is 19.9. The average molecular weight is 381 g/mol. The third-order valence-corrected chi connectivity index (χ3v) is 5.26. The summed E-state index contributed by atoms with van der Waals surface area (Å²) in [6.07, 6.45) is 2.63. The minimum atomic E-state index is -0.774. The van der Waals surface area contributed by atoms with E-state index < -0.39 is 5.97 Å². The first-order chi connectivity index (χ1) is 13.5. The van der Waals surface area contributed by atoms with E-state index >= 15 is 0 Å². The number of amides is 1. The van der Waals surface area contributed by atoms with E-state index in [-0.39, 0.29) is 24.3 Å². The lowest BCUT2D eigenvalue weighted by Crippen LogP contribution is -2.40. The van der Waals surface area contributed by atoms with Crippen LogP contribution in [0.3, 0.4) is 0 Å². The van der Waals surface area contributed by atoms with Gasteiger partial charge in [0, 0.05) is 25.1 Å². The lowest BCUT2D eigenvalue weighted by molar-refractivity contribution is -0.137. The van der Waals surface area contributed by atoms with E-state index in [9.17, 15) is 9.59 Å². The highest BCUT2D eigenvalue weighted by Gasteiger charge is 2.24. The van der Waals surface area contributed by atoms with Gasteiger partial charge in [0.1, 0.15) is 11.9 Å². The Morgan fingerprint density at radius 1 is 1.14 bits per heavy atom. The molecule has 1 aliphatic rings. The van der Waals surface area contributed by atoms with E-state index in [1.165, 1.54) is 0 Å². The maximum Gasteiger partial charge on any atom is 0.303 e. The van der Waals surface area contributed by atoms with Crippen LogP contribution in [-0.2, 0) is 4.79 Å². The molecule has 0 aromatic heterocycles. The van der Waals surface area contributed by atoms with Gasteiger partial charge in [0.05, 0.1) is 0 Å². The number of aliphatic carboxylic acids is 1. The second-order valence-electron chi connectivity index (χ2n) is 7.39. The van der Waals surface area contributed by atoms with Gasteiger partial charge in [0.2, 0.25) is 0 Å². The third kappa shape index (κ3) is 5.35. The van der Waals surface area contributed by atoms with Crippen LogP contribution in [0.15, 0.2) is 54.6 Å². The zero-order valence-corrected chi connectivity index (χ0v) is 16.2. The molecule has 1 fully saturated rings. The van der Waals surface area contributed by atoms with Crippen LogP contribution in [0.1, 0.15) is 54.6 Å². The van der Waals surface area contributed by atoms with E-state index in [0.29, 0.717) is 18.5 Å². The predicted molar refractivity (Wildman–Crippen MR) is 107 cm³/mol. The van der Waals surface area contributed by atoms with E-state index in [0.717, 1.165) is 30.7 Å². The van der Waals surface area contributed by atoms with Crippen molar-refractivity contribution >= 4 is 11.9 Å². The van der Waals surface area contributed by atoms with Gasteiger partial charge in [-0.15, -0.1) is 0 Å². The Bertz CT molecular complexity index is 788. The quantitative estimate of drug-likeness (QED) is 0.764. The SMILES string of the molecule is CC(Oc1ccc(C(=O)N2CCCC(CCC(=O)O)C2)cc1)c1ccccc1. The first kappa shape index (κ1) is 19.9. The molecule has 0 aliphatic carbocycles. The summed E-state index contributed by atoms with van der Waals surface area (Å²) in [5.41, 5.74) is 1.74. The normalized spacial score (nSPS) is 17.8. The highest BCUT2D eigenvalue weighted by atomic mass is 16.5. The Kier molecular flexibility index (Phi) is 6.69. The second-order valence-corrected chi connectivity index (χ2v) is 7.39. The monoisotopic (exact) mass is 381 g/mol. The van der Waals surface area contributed by atoms with E-state index in [2.05, 4.69) is 0 Å². The van der Waals surface area contributed by atoms with Crippen LogP contribution in [0.4, 0.5) is 0 Å². The van der Waals surface area contributed by atoms with Crippen molar-refractivity contribution in [3.05, 3.63) is 65.7 Å². The molecule has 5 heteroatoms. The summed E-state index contributed by atoms with van der Waals surface area (Å²) < 4.78 is 5.97. The van der Waals surface area contributed by atoms with Gasteiger partial charge in [0.15, 0.2) is 0 Å². The van der Waals surface area contributed by atoms with E-state index in [1.807, 2.05) is 54.3 Å². The van der Waals surface area contributed by atoms with Gasteiger partial charge in [-0.3, -0.25) is 9.59 Å². The number of carboxylic acid groups (broad SMARTS) is 1. The molecule has 1 amide bonds. The molecule has 1 heterocycles. The Balaban J connectivity index is 1.58. The van der Waals surface area contributed by atoms with Gasteiger partial charge in [-0.25, -0.2) is 0 Å². The van der Waals surface area contributed by atoms with Crippen molar-refractivity contribution in [3.8, 4) is 5.75 Å². The standard InChI is InChI=1S/C23H27NO4/c1-17(19-7-3-2-4-8-19)28-21-12-10-20(11-13-21)23(27)24-15-5-6-18(16-24)9-14-22(25)26/h2-4,7-8,10-13,17-18H,5-6,9,14-16H2,1H3,(H,25,26). The smallest absolute Gasteiger partial charge is 0.303 e. The average Bonchev–Trinajstić information content (AvgIpc) is 2.73. The summed E-state index contributed by atoms with van der Waals surface area (Å²) in [6.45, 7) is 3.36. The van der Waals surface area contributed by atoms with Gasteiger partial charge in [0.25, 0.3) is 5.91 Å². The lowest BCUT2D eigenvalue weighted by atomic mass is 9.93. The van der Waals surface area contributed by atoms with E-state index in [4.69, 9.17) is 9.84 Å². The number of carbonyl (C=O) groups excluding carboxylic acids is 1. The maximum absolute atomic E-state index is 12.8. The predicted octanol–water partition coefficient (Wildman–Crippen LogP) is 4.54. The fourth-order valence-electron chi connectivity index (χ4n) is 3.67. The molecule has 1 N–H and O–H groups in total. The lowest BCUT2D eigenvalue weighted by Gasteiger charge is -2.32. The molecule has 0 bridgehead atoms. The molecule has 0 spiro atoms. The topological polar surface area (TPSA) is 66.8 Å². The third-order valence-electron chi connectivity index (χ3n) is 5.26. The summed E-state index contributed by atoms with van der Waals surface area (Å²) in [6, 6.07) is 17.3. The molecule has 148 valence electrons. The molecule has 1 aliphatic heterocycles. The van der Waals surface area contributed by atoms with Gasteiger partial charge in [-0.05, 0) is 61.9 Å². The number of carbonyl (C=O) groups is 2. The molecule has 5 nitrogen and oxygen atoms in total. The highest BCUT2D eigenvalue weighted by molar-refractivity contribution is 5.94. The molecule has 2 aromatic rings. The molecular formula is C23H27NO4. The number of hydrogen-bond acceptors (Lipinski definition) is 3. The number of benzene rings is 2. The van der Waals surface area contributed by atoms with Gasteiger partial charge in [-0.2, -0.15) is 0 Å². The Hall–Kier alpha value is -2.82. The molecule has 0 saturated carbocycles. The summed E-state index contributed by atoms with van der Waals surface area (Å²) in [5, 5.41) is 8.87. The zero-order valence-electron chi connectivity index (χ0n) is 16.2. The number of nitrogens with zero attached hydrogens (tertiary/aromatic N) is 1. The van der Waals surface area contributed by atoms with Crippen LogP contribution in [0, 0.1) is 5.92 Å². The van der Waals surface area contributed by atoms with Gasteiger partial charge >= 0.3 is 5.97 Å². The molecular weight excluding hydrogens is 354 g/mol. The summed E-state index contributed by atoms with van der Waals surface area (Å²) in [4.78, 5) is 25.4. The number of likely N-dealkylation sites (tertiary alicyclic amines) is 1. The van der Waals surface area contributed by atoms with Gasteiger partial charge < -0.3 is 14.7 Å². The summed E-state index contributed by atoms with van der Waals surface area (Å²) in [5.74, 6) is 0.223.